The molecule has 0 aliphatic rings. The zero-order valence-corrected chi connectivity index (χ0v) is 13.6. The summed E-state index contributed by atoms with van der Waals surface area (Å²) in [5, 5.41) is 4.63. The van der Waals surface area contributed by atoms with E-state index in [1.165, 1.54) is 0 Å². The number of rotatable bonds is 7. The molecule has 4 heteroatoms. The molecule has 0 amide bonds. The molecule has 0 aromatic heterocycles. The van der Waals surface area contributed by atoms with Crippen LogP contribution in [0.25, 0.3) is 0 Å². The Hall–Kier alpha value is -0.440. The summed E-state index contributed by atoms with van der Waals surface area (Å²) in [6.07, 6.45) is 0. The van der Waals surface area contributed by atoms with Gasteiger partial charge in [0.15, 0.2) is 0 Å². The average molecular weight is 304 g/mol. The minimum atomic E-state index is 0.0534. The van der Waals surface area contributed by atoms with Gasteiger partial charge in [0.05, 0.1) is 11.6 Å². The minimum absolute atomic E-state index is 0.0534. The van der Waals surface area contributed by atoms with Crippen molar-refractivity contribution in [2.45, 2.75) is 27.7 Å². The fraction of sp³-hybridized carbons (Fsp3) is 0.600. The molecule has 0 fully saturated rings. The van der Waals surface area contributed by atoms with Crippen LogP contribution in [-0.4, -0.2) is 19.7 Å². The summed E-state index contributed by atoms with van der Waals surface area (Å²) >= 11 is 11.9. The maximum atomic E-state index is 6.08. The van der Waals surface area contributed by atoms with Crippen LogP contribution in [0.15, 0.2) is 18.2 Å². The van der Waals surface area contributed by atoms with E-state index < -0.39 is 0 Å². The third-order valence-corrected chi connectivity index (χ3v) is 3.20. The maximum absolute atomic E-state index is 6.08. The van der Waals surface area contributed by atoms with E-state index in [4.69, 9.17) is 27.9 Å². The molecule has 1 rings (SSSR count). The molecule has 0 radical (unpaired) electrons. The summed E-state index contributed by atoms with van der Waals surface area (Å²) in [4.78, 5) is 0. The molecule has 0 spiro atoms. The Morgan fingerprint density at radius 3 is 2.53 bits per heavy atom. The van der Waals surface area contributed by atoms with Gasteiger partial charge in [-0.05, 0) is 30.7 Å². The number of ether oxygens (including phenoxy) is 1. The van der Waals surface area contributed by atoms with Crippen molar-refractivity contribution in [2.75, 3.05) is 19.7 Å². The molecule has 1 aromatic rings. The Morgan fingerprint density at radius 1 is 1.26 bits per heavy atom. The molecule has 0 bridgehead atoms. The van der Waals surface area contributed by atoms with Gasteiger partial charge in [-0.2, -0.15) is 0 Å². The fourth-order valence-electron chi connectivity index (χ4n) is 1.62. The van der Waals surface area contributed by atoms with E-state index in [1.807, 2.05) is 6.07 Å². The molecule has 0 unspecified atom stereocenters. The highest BCUT2D eigenvalue weighted by Crippen LogP contribution is 2.29. The smallest absolute Gasteiger partial charge is 0.138 e. The van der Waals surface area contributed by atoms with Crippen LogP contribution in [0.2, 0.25) is 10.0 Å². The van der Waals surface area contributed by atoms with E-state index in [-0.39, 0.29) is 5.41 Å². The van der Waals surface area contributed by atoms with Crippen molar-refractivity contribution in [2.24, 2.45) is 11.3 Å². The van der Waals surface area contributed by atoms with Gasteiger partial charge in [-0.3, -0.25) is 0 Å². The van der Waals surface area contributed by atoms with Gasteiger partial charge in [0.1, 0.15) is 5.75 Å². The van der Waals surface area contributed by atoms with Crippen molar-refractivity contribution in [3.8, 4) is 5.75 Å². The van der Waals surface area contributed by atoms with Gasteiger partial charge < -0.3 is 10.1 Å². The summed E-state index contributed by atoms with van der Waals surface area (Å²) in [5.74, 6) is 1.34. The lowest BCUT2D eigenvalue weighted by Gasteiger charge is -2.26. The monoisotopic (exact) mass is 303 g/mol. The third-order valence-electron chi connectivity index (χ3n) is 2.67. The molecular formula is C15H23Cl2NO. The molecule has 1 N–H and O–H groups in total. The summed E-state index contributed by atoms with van der Waals surface area (Å²) in [7, 11) is 0. The van der Waals surface area contributed by atoms with Crippen LogP contribution < -0.4 is 10.1 Å². The lowest BCUT2D eigenvalue weighted by atomic mass is 9.94. The van der Waals surface area contributed by atoms with E-state index in [9.17, 15) is 0 Å². The third kappa shape index (κ3) is 6.51. The summed E-state index contributed by atoms with van der Waals surface area (Å²) in [5.41, 5.74) is 0.0534. The van der Waals surface area contributed by atoms with Crippen molar-refractivity contribution >= 4 is 23.2 Å². The molecule has 1 aromatic carbocycles. The molecule has 0 aliphatic heterocycles. The highest BCUT2D eigenvalue weighted by Gasteiger charge is 2.19. The lowest BCUT2D eigenvalue weighted by Crippen LogP contribution is -2.35. The normalized spacial score (nSPS) is 11.9. The van der Waals surface area contributed by atoms with E-state index in [0.29, 0.717) is 28.3 Å². The van der Waals surface area contributed by atoms with Crippen LogP contribution in [0.1, 0.15) is 27.7 Å². The van der Waals surface area contributed by atoms with Crippen molar-refractivity contribution < 1.29 is 4.74 Å². The topological polar surface area (TPSA) is 21.3 Å². The minimum Gasteiger partial charge on any atom is -0.491 e. The second-order valence-electron chi connectivity index (χ2n) is 6.05. The van der Waals surface area contributed by atoms with Crippen LogP contribution in [0.5, 0.6) is 5.75 Å². The van der Waals surface area contributed by atoms with E-state index in [1.54, 1.807) is 12.1 Å². The predicted molar refractivity (Wildman–Crippen MR) is 83.4 cm³/mol. The van der Waals surface area contributed by atoms with E-state index >= 15 is 0 Å². The summed E-state index contributed by atoms with van der Waals surface area (Å²) < 4.78 is 5.78. The van der Waals surface area contributed by atoms with Gasteiger partial charge in [0.2, 0.25) is 0 Å². The summed E-state index contributed by atoms with van der Waals surface area (Å²) in [6, 6.07) is 5.29. The molecular weight excluding hydrogens is 281 g/mol. The van der Waals surface area contributed by atoms with Crippen molar-refractivity contribution in [1.82, 2.24) is 5.32 Å². The standard InChI is InChI=1S/C15H23Cl2NO/c1-11(2)8-18-9-15(3,4)10-19-14-6-5-12(16)7-13(14)17/h5-7,11,18H,8-10H2,1-4H3. The van der Waals surface area contributed by atoms with Crippen LogP contribution in [0.3, 0.4) is 0 Å². The van der Waals surface area contributed by atoms with Gasteiger partial charge in [-0.25, -0.2) is 0 Å². The molecule has 2 nitrogen and oxygen atoms in total. The number of nitrogens with one attached hydrogen (secondary N) is 1. The largest absolute Gasteiger partial charge is 0.491 e. The molecule has 0 saturated carbocycles. The highest BCUT2D eigenvalue weighted by molar-refractivity contribution is 6.35. The van der Waals surface area contributed by atoms with Gasteiger partial charge in [0.25, 0.3) is 0 Å². The second kappa shape index (κ2) is 7.37. The molecule has 0 atom stereocenters. The SMILES string of the molecule is CC(C)CNCC(C)(C)COc1ccc(Cl)cc1Cl. The first-order chi connectivity index (χ1) is 8.80. The van der Waals surface area contributed by atoms with Crippen LogP contribution >= 0.6 is 23.2 Å². The first kappa shape index (κ1) is 16.6. The molecule has 0 heterocycles. The number of hydrogen-bond acceptors (Lipinski definition) is 2. The first-order valence-electron chi connectivity index (χ1n) is 6.59. The van der Waals surface area contributed by atoms with Gasteiger partial charge >= 0.3 is 0 Å². The zero-order valence-electron chi connectivity index (χ0n) is 12.1. The van der Waals surface area contributed by atoms with E-state index in [2.05, 4.69) is 33.0 Å². The molecule has 0 saturated heterocycles. The Morgan fingerprint density at radius 2 is 1.95 bits per heavy atom. The lowest BCUT2D eigenvalue weighted by molar-refractivity contribution is 0.175. The van der Waals surface area contributed by atoms with Crippen molar-refractivity contribution in [3.05, 3.63) is 28.2 Å². The van der Waals surface area contributed by atoms with Gasteiger partial charge in [0, 0.05) is 17.0 Å². The number of benzene rings is 1. The van der Waals surface area contributed by atoms with Crippen molar-refractivity contribution in [3.63, 3.8) is 0 Å². The van der Waals surface area contributed by atoms with Crippen molar-refractivity contribution in [1.29, 1.82) is 0 Å². The molecule has 108 valence electrons. The zero-order chi connectivity index (χ0) is 14.5. The van der Waals surface area contributed by atoms with Gasteiger partial charge in [-0.15, -0.1) is 0 Å². The fourth-order valence-corrected chi connectivity index (χ4v) is 2.08. The average Bonchev–Trinajstić information content (AvgIpc) is 2.27. The Bertz CT molecular complexity index is 405. The Balaban J connectivity index is 2.45. The first-order valence-corrected chi connectivity index (χ1v) is 7.34. The Labute approximate surface area is 126 Å². The van der Waals surface area contributed by atoms with Crippen LogP contribution in [0.4, 0.5) is 0 Å². The molecule has 19 heavy (non-hydrogen) atoms. The predicted octanol–water partition coefficient (Wildman–Crippen LogP) is 4.64. The van der Waals surface area contributed by atoms with E-state index in [0.717, 1.165) is 13.1 Å². The number of halogens is 2. The maximum Gasteiger partial charge on any atom is 0.138 e. The quantitative estimate of drug-likeness (QED) is 0.792. The Kier molecular flexibility index (Phi) is 6.45. The molecule has 0 aliphatic carbocycles. The van der Waals surface area contributed by atoms with Crippen LogP contribution in [0, 0.1) is 11.3 Å². The van der Waals surface area contributed by atoms with Gasteiger partial charge in [-0.1, -0.05) is 50.9 Å². The highest BCUT2D eigenvalue weighted by atomic mass is 35.5. The number of hydrogen-bond donors (Lipinski definition) is 1. The van der Waals surface area contributed by atoms with Crippen LogP contribution in [-0.2, 0) is 0 Å². The summed E-state index contributed by atoms with van der Waals surface area (Å²) in [6.45, 7) is 11.3. The second-order valence-corrected chi connectivity index (χ2v) is 6.90.